The molecule has 90 valence electrons. The summed E-state index contributed by atoms with van der Waals surface area (Å²) in [5.74, 6) is 1.83. The molecule has 1 fully saturated rings. The van der Waals surface area contributed by atoms with Crippen molar-refractivity contribution in [2.75, 3.05) is 19.6 Å². The van der Waals surface area contributed by atoms with E-state index in [2.05, 4.69) is 46.5 Å². The van der Waals surface area contributed by atoms with E-state index < -0.39 is 0 Å². The van der Waals surface area contributed by atoms with Gasteiger partial charge in [-0.1, -0.05) is 13.0 Å². The highest BCUT2D eigenvalue weighted by Gasteiger charge is 2.25. The smallest absolute Gasteiger partial charge is 0.117 e. The van der Waals surface area contributed by atoms with Crippen LogP contribution in [0.25, 0.3) is 5.52 Å². The van der Waals surface area contributed by atoms with Gasteiger partial charge in [0.2, 0.25) is 0 Å². The van der Waals surface area contributed by atoms with Gasteiger partial charge in [-0.15, -0.1) is 0 Å². The second kappa shape index (κ2) is 4.15. The SMILES string of the molecule is CCN1CCC(c2ncc3ccc(C)cn23)C1. The maximum atomic E-state index is 4.62. The molecule has 2 aromatic heterocycles. The predicted molar refractivity (Wildman–Crippen MR) is 69.4 cm³/mol. The van der Waals surface area contributed by atoms with Crippen molar-refractivity contribution >= 4 is 5.52 Å². The molecule has 1 aliphatic rings. The number of hydrogen-bond acceptors (Lipinski definition) is 2. The average molecular weight is 229 g/mol. The number of likely N-dealkylation sites (N-methyl/N-ethyl adjacent to an activating group) is 1. The van der Waals surface area contributed by atoms with Crippen molar-refractivity contribution in [3.05, 3.63) is 35.9 Å². The van der Waals surface area contributed by atoms with Gasteiger partial charge in [-0.2, -0.15) is 0 Å². The van der Waals surface area contributed by atoms with Gasteiger partial charge in [0.1, 0.15) is 5.82 Å². The standard InChI is InChI=1S/C14H19N3/c1-3-16-7-6-12(10-16)14-15-8-13-5-4-11(2)9-17(13)14/h4-5,8-9,12H,3,6-7,10H2,1-2H3. The second-order valence-corrected chi connectivity index (χ2v) is 5.00. The minimum absolute atomic E-state index is 0.597. The van der Waals surface area contributed by atoms with Crippen LogP contribution in [0.15, 0.2) is 24.5 Å². The Labute approximate surface area is 102 Å². The summed E-state index contributed by atoms with van der Waals surface area (Å²) in [7, 11) is 0. The van der Waals surface area contributed by atoms with E-state index in [1.807, 2.05) is 6.20 Å². The monoisotopic (exact) mass is 229 g/mol. The normalized spacial score (nSPS) is 21.4. The molecule has 17 heavy (non-hydrogen) atoms. The summed E-state index contributed by atoms with van der Waals surface area (Å²) in [4.78, 5) is 7.12. The number of fused-ring (bicyclic) bond motifs is 1. The molecule has 0 saturated carbocycles. The summed E-state index contributed by atoms with van der Waals surface area (Å²) in [6.45, 7) is 7.89. The quantitative estimate of drug-likeness (QED) is 0.788. The lowest BCUT2D eigenvalue weighted by Crippen LogP contribution is -2.19. The van der Waals surface area contributed by atoms with Crippen LogP contribution in [-0.2, 0) is 0 Å². The van der Waals surface area contributed by atoms with Gasteiger partial charge in [-0.25, -0.2) is 4.98 Å². The van der Waals surface area contributed by atoms with E-state index in [1.165, 1.54) is 29.9 Å². The zero-order valence-electron chi connectivity index (χ0n) is 10.6. The van der Waals surface area contributed by atoms with Crippen LogP contribution in [0.2, 0.25) is 0 Å². The van der Waals surface area contributed by atoms with Crippen molar-refractivity contribution < 1.29 is 0 Å². The molecule has 1 aliphatic heterocycles. The van der Waals surface area contributed by atoms with E-state index in [0.29, 0.717) is 5.92 Å². The van der Waals surface area contributed by atoms with Crippen LogP contribution < -0.4 is 0 Å². The summed E-state index contributed by atoms with van der Waals surface area (Å²) >= 11 is 0. The molecular weight excluding hydrogens is 210 g/mol. The van der Waals surface area contributed by atoms with Crippen LogP contribution in [0.3, 0.4) is 0 Å². The fourth-order valence-corrected chi connectivity index (χ4v) is 2.75. The molecule has 3 heteroatoms. The van der Waals surface area contributed by atoms with Crippen molar-refractivity contribution in [2.24, 2.45) is 0 Å². The fraction of sp³-hybridized carbons (Fsp3) is 0.500. The first-order chi connectivity index (χ1) is 8.28. The Balaban J connectivity index is 1.98. The molecule has 1 atom stereocenters. The lowest BCUT2D eigenvalue weighted by atomic mass is 10.1. The summed E-state index contributed by atoms with van der Waals surface area (Å²) in [6, 6.07) is 4.30. The molecule has 0 spiro atoms. The number of aromatic nitrogens is 2. The summed E-state index contributed by atoms with van der Waals surface area (Å²) in [5, 5.41) is 0. The Morgan fingerprint density at radius 2 is 2.29 bits per heavy atom. The Kier molecular flexibility index (Phi) is 2.63. The number of aryl methyl sites for hydroxylation is 1. The van der Waals surface area contributed by atoms with E-state index in [0.717, 1.165) is 13.1 Å². The van der Waals surface area contributed by atoms with E-state index in [4.69, 9.17) is 0 Å². The van der Waals surface area contributed by atoms with Crippen molar-refractivity contribution in [3.63, 3.8) is 0 Å². The molecule has 0 radical (unpaired) electrons. The lowest BCUT2D eigenvalue weighted by Gasteiger charge is -2.12. The maximum Gasteiger partial charge on any atom is 0.117 e. The molecule has 0 aromatic carbocycles. The van der Waals surface area contributed by atoms with Gasteiger partial charge in [0.15, 0.2) is 0 Å². The minimum Gasteiger partial charge on any atom is -0.303 e. The molecule has 1 unspecified atom stereocenters. The molecule has 3 rings (SSSR count). The second-order valence-electron chi connectivity index (χ2n) is 5.00. The third-order valence-electron chi connectivity index (χ3n) is 3.79. The van der Waals surface area contributed by atoms with Crippen LogP contribution in [0.4, 0.5) is 0 Å². The largest absolute Gasteiger partial charge is 0.303 e. The Hall–Kier alpha value is -1.35. The van der Waals surface area contributed by atoms with Gasteiger partial charge in [0.05, 0.1) is 11.7 Å². The maximum absolute atomic E-state index is 4.62. The van der Waals surface area contributed by atoms with Crippen molar-refractivity contribution in [1.82, 2.24) is 14.3 Å². The van der Waals surface area contributed by atoms with Crippen LogP contribution in [0.5, 0.6) is 0 Å². The number of pyridine rings is 1. The van der Waals surface area contributed by atoms with E-state index in [1.54, 1.807) is 0 Å². The molecule has 2 aromatic rings. The Morgan fingerprint density at radius 3 is 3.06 bits per heavy atom. The highest BCUT2D eigenvalue weighted by Crippen LogP contribution is 2.26. The van der Waals surface area contributed by atoms with E-state index in [9.17, 15) is 0 Å². The molecular formula is C14H19N3. The highest BCUT2D eigenvalue weighted by molar-refractivity contribution is 5.47. The number of hydrogen-bond donors (Lipinski definition) is 0. The summed E-state index contributed by atoms with van der Waals surface area (Å²) in [5.41, 5.74) is 2.50. The average Bonchev–Trinajstić information content (AvgIpc) is 2.93. The molecule has 1 saturated heterocycles. The van der Waals surface area contributed by atoms with Crippen molar-refractivity contribution in [1.29, 1.82) is 0 Å². The van der Waals surface area contributed by atoms with E-state index >= 15 is 0 Å². The number of rotatable bonds is 2. The Morgan fingerprint density at radius 1 is 1.41 bits per heavy atom. The third kappa shape index (κ3) is 1.84. The lowest BCUT2D eigenvalue weighted by molar-refractivity contribution is 0.352. The van der Waals surface area contributed by atoms with Crippen LogP contribution in [0, 0.1) is 6.92 Å². The zero-order chi connectivity index (χ0) is 11.8. The van der Waals surface area contributed by atoms with Gasteiger partial charge in [0, 0.05) is 18.7 Å². The molecule has 0 N–H and O–H groups in total. The minimum atomic E-state index is 0.597. The van der Waals surface area contributed by atoms with Crippen molar-refractivity contribution in [3.8, 4) is 0 Å². The summed E-state index contributed by atoms with van der Waals surface area (Å²) in [6.07, 6.45) is 5.43. The fourth-order valence-electron chi connectivity index (χ4n) is 2.75. The third-order valence-corrected chi connectivity index (χ3v) is 3.79. The molecule has 0 bridgehead atoms. The first kappa shape index (κ1) is 10.8. The van der Waals surface area contributed by atoms with Crippen LogP contribution in [0.1, 0.15) is 30.7 Å². The predicted octanol–water partition coefficient (Wildman–Crippen LogP) is 2.45. The first-order valence-corrected chi connectivity index (χ1v) is 6.44. The highest BCUT2D eigenvalue weighted by atomic mass is 15.2. The number of likely N-dealkylation sites (tertiary alicyclic amines) is 1. The van der Waals surface area contributed by atoms with Gasteiger partial charge >= 0.3 is 0 Å². The summed E-state index contributed by atoms with van der Waals surface area (Å²) < 4.78 is 2.26. The van der Waals surface area contributed by atoms with E-state index in [-0.39, 0.29) is 0 Å². The first-order valence-electron chi connectivity index (χ1n) is 6.44. The molecule has 0 amide bonds. The van der Waals surface area contributed by atoms with Gasteiger partial charge in [-0.05, 0) is 38.1 Å². The molecule has 0 aliphatic carbocycles. The van der Waals surface area contributed by atoms with Gasteiger partial charge < -0.3 is 9.30 Å². The van der Waals surface area contributed by atoms with Gasteiger partial charge in [-0.3, -0.25) is 0 Å². The van der Waals surface area contributed by atoms with Crippen LogP contribution >= 0.6 is 0 Å². The number of imidazole rings is 1. The number of nitrogens with zero attached hydrogens (tertiary/aromatic N) is 3. The molecule has 3 heterocycles. The van der Waals surface area contributed by atoms with Crippen LogP contribution in [-0.4, -0.2) is 33.9 Å². The topological polar surface area (TPSA) is 20.5 Å². The van der Waals surface area contributed by atoms with Crippen molar-refractivity contribution in [2.45, 2.75) is 26.2 Å². The van der Waals surface area contributed by atoms with Gasteiger partial charge in [0.25, 0.3) is 0 Å². The zero-order valence-corrected chi connectivity index (χ0v) is 10.6. The Bertz CT molecular complexity index is 529. The molecule has 3 nitrogen and oxygen atoms in total.